The van der Waals surface area contributed by atoms with Gasteiger partial charge < -0.3 is 37.9 Å². The first-order valence-electron chi connectivity index (χ1n) is 7.58. The predicted octanol–water partition coefficient (Wildman–Crippen LogP) is 0.00710. The van der Waals surface area contributed by atoms with Gasteiger partial charge >= 0.3 is 0 Å². The third-order valence-corrected chi connectivity index (χ3v) is 2.62. The molecular weight excluding hydrogens is 308 g/mol. The van der Waals surface area contributed by atoms with Crippen LogP contribution in [0.3, 0.4) is 0 Å². The van der Waals surface area contributed by atoms with E-state index in [9.17, 15) is 0 Å². The van der Waals surface area contributed by atoms with Crippen LogP contribution in [0.25, 0.3) is 0 Å². The van der Waals surface area contributed by atoms with Crippen molar-refractivity contribution < 1.29 is 37.9 Å². The van der Waals surface area contributed by atoms with Gasteiger partial charge in [-0.05, 0) is 0 Å². The van der Waals surface area contributed by atoms with E-state index in [1.807, 2.05) is 0 Å². The number of methoxy groups -OCH3 is 1. The van der Waals surface area contributed by atoms with E-state index in [0.29, 0.717) is 59.5 Å². The monoisotopic (exact) mass is 334 g/mol. The van der Waals surface area contributed by atoms with Gasteiger partial charge in [-0.15, -0.1) is 0 Å². The van der Waals surface area contributed by atoms with Crippen LogP contribution in [0.5, 0.6) is 0 Å². The van der Waals surface area contributed by atoms with E-state index in [4.69, 9.17) is 37.9 Å². The molecule has 0 saturated heterocycles. The fourth-order valence-electron chi connectivity index (χ4n) is 1.57. The quantitative estimate of drug-likeness (QED) is 0.404. The summed E-state index contributed by atoms with van der Waals surface area (Å²) in [7, 11) is 1.56. The molecule has 0 radical (unpaired) electrons. The summed E-state index contributed by atoms with van der Waals surface area (Å²) in [6.45, 7) is 4.59. The fraction of sp³-hybridized carbons (Fsp3) is 0.867. The largest absolute Gasteiger partial charge is 0.442 e. The van der Waals surface area contributed by atoms with Crippen LogP contribution >= 0.6 is 0 Å². The van der Waals surface area contributed by atoms with Crippen molar-refractivity contribution in [2.24, 2.45) is 0 Å². The Morgan fingerprint density at radius 1 is 0.826 bits per heavy atom. The topological polar surface area (TPSA) is 73.8 Å². The van der Waals surface area contributed by atoms with Crippen molar-refractivity contribution in [2.75, 3.05) is 80.0 Å². The summed E-state index contributed by atoms with van der Waals surface area (Å²) in [6.07, 6.45) is 4.65. The minimum atomic E-state index is -0.262. The van der Waals surface area contributed by atoms with Gasteiger partial charge in [-0.25, -0.2) is 0 Å². The molecule has 0 fully saturated rings. The van der Waals surface area contributed by atoms with Gasteiger partial charge in [-0.3, -0.25) is 0 Å². The highest BCUT2D eigenvalue weighted by Crippen LogP contribution is 1.96. The Balaban J connectivity index is 2.30. The number of ether oxygens (including phenoxy) is 8. The van der Waals surface area contributed by atoms with Crippen molar-refractivity contribution in [3.05, 3.63) is 0 Å². The van der Waals surface area contributed by atoms with Crippen LogP contribution in [0.2, 0.25) is 0 Å². The lowest BCUT2D eigenvalue weighted by molar-refractivity contribution is -0.0989. The van der Waals surface area contributed by atoms with Crippen LogP contribution in [-0.4, -0.2) is 86.1 Å². The first-order chi connectivity index (χ1) is 11.4. The van der Waals surface area contributed by atoms with Crippen LogP contribution < -0.4 is 0 Å². The van der Waals surface area contributed by atoms with Crippen LogP contribution in [0, 0.1) is 12.2 Å². The molecule has 1 aliphatic rings. The minimum Gasteiger partial charge on any atom is -0.442 e. The van der Waals surface area contributed by atoms with E-state index >= 15 is 0 Å². The molecule has 0 saturated carbocycles. The molecule has 1 atom stereocenters. The molecule has 0 aromatic carbocycles. The molecule has 0 spiro atoms. The number of hydrogen-bond acceptors (Lipinski definition) is 8. The Bertz CT molecular complexity index is 314. The van der Waals surface area contributed by atoms with Crippen molar-refractivity contribution in [1.29, 1.82) is 0 Å². The fourth-order valence-corrected chi connectivity index (χ4v) is 1.57. The van der Waals surface area contributed by atoms with Crippen molar-refractivity contribution in [3.63, 3.8) is 0 Å². The number of rotatable bonds is 4. The van der Waals surface area contributed by atoms with Gasteiger partial charge in [0.2, 0.25) is 0 Å². The van der Waals surface area contributed by atoms with Gasteiger partial charge in [0.15, 0.2) is 12.2 Å². The van der Waals surface area contributed by atoms with Crippen molar-refractivity contribution in [1.82, 2.24) is 0 Å². The van der Waals surface area contributed by atoms with Crippen LogP contribution in [0.15, 0.2) is 0 Å². The molecule has 0 aromatic rings. The second kappa shape index (κ2) is 15.8. The molecule has 8 nitrogen and oxygen atoms in total. The summed E-state index contributed by atoms with van der Waals surface area (Å²) in [5, 5.41) is 0. The summed E-state index contributed by atoms with van der Waals surface area (Å²) < 4.78 is 42.0. The summed E-state index contributed by atoms with van der Waals surface area (Å²) >= 11 is 0. The maximum Gasteiger partial charge on any atom is 0.155 e. The smallest absolute Gasteiger partial charge is 0.155 e. The molecule has 0 N–H and O–H groups in total. The zero-order chi connectivity index (χ0) is 16.4. The van der Waals surface area contributed by atoms with Crippen molar-refractivity contribution >= 4 is 0 Å². The first-order valence-corrected chi connectivity index (χ1v) is 7.58. The number of hydrogen-bond donors (Lipinski definition) is 0. The Kier molecular flexibility index (Phi) is 13.7. The van der Waals surface area contributed by atoms with Gasteiger partial charge in [-0.1, -0.05) is 0 Å². The minimum absolute atomic E-state index is 0.197. The van der Waals surface area contributed by atoms with Crippen LogP contribution in [-0.2, 0) is 37.9 Å². The molecule has 0 aliphatic carbocycles. The standard InChI is InChI=1S/C15H26O8/c1-16-14-22-13-15-12-21-9-8-19-5-4-17-2-3-18-6-7-20-10-11-23-15/h15H,2-7,10-14H2,1H3. The molecule has 8 heteroatoms. The molecule has 0 aromatic heterocycles. The van der Waals surface area contributed by atoms with E-state index < -0.39 is 0 Å². The zero-order valence-corrected chi connectivity index (χ0v) is 13.6. The van der Waals surface area contributed by atoms with Gasteiger partial charge in [0.25, 0.3) is 0 Å². The summed E-state index contributed by atoms with van der Waals surface area (Å²) in [5.74, 6) is 0. The summed E-state index contributed by atoms with van der Waals surface area (Å²) in [4.78, 5) is 0. The summed E-state index contributed by atoms with van der Waals surface area (Å²) in [6, 6.07) is 0. The Hall–Kier alpha value is -1.08. The average Bonchev–Trinajstić information content (AvgIpc) is 2.56. The maximum absolute atomic E-state index is 5.63. The lowest BCUT2D eigenvalue weighted by Gasteiger charge is -2.16. The van der Waals surface area contributed by atoms with Crippen molar-refractivity contribution in [3.8, 4) is 12.2 Å². The summed E-state index contributed by atoms with van der Waals surface area (Å²) in [5.41, 5.74) is 0. The Labute approximate surface area is 137 Å². The molecular formula is C15H26O8. The van der Waals surface area contributed by atoms with Crippen LogP contribution in [0.4, 0.5) is 0 Å². The molecule has 0 bridgehead atoms. The van der Waals surface area contributed by atoms with E-state index in [1.54, 1.807) is 7.11 Å². The second-order valence-corrected chi connectivity index (χ2v) is 4.47. The third-order valence-electron chi connectivity index (χ3n) is 2.62. The zero-order valence-electron chi connectivity index (χ0n) is 13.6. The molecule has 23 heavy (non-hydrogen) atoms. The highest BCUT2D eigenvalue weighted by molar-refractivity contribution is 4.81. The van der Waals surface area contributed by atoms with E-state index in [2.05, 4.69) is 12.2 Å². The maximum atomic E-state index is 5.63. The van der Waals surface area contributed by atoms with E-state index in [0.717, 1.165) is 0 Å². The molecule has 1 aliphatic heterocycles. The van der Waals surface area contributed by atoms with E-state index in [1.165, 1.54) is 0 Å². The highest BCUT2D eigenvalue weighted by Gasteiger charge is 2.10. The lowest BCUT2D eigenvalue weighted by atomic mass is 10.4. The van der Waals surface area contributed by atoms with Gasteiger partial charge in [-0.2, -0.15) is 0 Å². The highest BCUT2D eigenvalue weighted by atomic mass is 16.7. The van der Waals surface area contributed by atoms with Gasteiger partial charge in [0.05, 0.1) is 52.9 Å². The SMILES string of the molecule is COCOCC1COC#COCCOCCOCCOCCO1. The average molecular weight is 334 g/mol. The first kappa shape index (κ1) is 20.0. The molecule has 134 valence electrons. The van der Waals surface area contributed by atoms with Crippen LogP contribution in [0.1, 0.15) is 0 Å². The predicted molar refractivity (Wildman–Crippen MR) is 79.7 cm³/mol. The van der Waals surface area contributed by atoms with E-state index in [-0.39, 0.29) is 19.5 Å². The van der Waals surface area contributed by atoms with Gasteiger partial charge in [0, 0.05) is 7.11 Å². The Morgan fingerprint density at radius 3 is 2.13 bits per heavy atom. The lowest BCUT2D eigenvalue weighted by Crippen LogP contribution is -2.27. The second-order valence-electron chi connectivity index (χ2n) is 4.47. The third kappa shape index (κ3) is 13.1. The van der Waals surface area contributed by atoms with Crippen molar-refractivity contribution in [2.45, 2.75) is 6.10 Å². The molecule has 1 heterocycles. The Morgan fingerprint density at radius 2 is 1.43 bits per heavy atom. The molecule has 1 rings (SSSR count). The molecule has 1 unspecified atom stereocenters. The van der Waals surface area contributed by atoms with Gasteiger partial charge in [0.1, 0.15) is 26.1 Å². The molecule has 0 amide bonds. The normalized spacial score (nSPS) is 22.6.